The molecule has 1 heterocycles. The van der Waals surface area contributed by atoms with Gasteiger partial charge in [-0.3, -0.25) is 0 Å². The van der Waals surface area contributed by atoms with E-state index in [1.54, 1.807) is 23.5 Å². The van der Waals surface area contributed by atoms with Gasteiger partial charge in [0.25, 0.3) is 0 Å². The van der Waals surface area contributed by atoms with Crippen molar-refractivity contribution in [3.8, 4) is 15.5 Å². The summed E-state index contributed by atoms with van der Waals surface area (Å²) in [5.41, 5.74) is 3.47. The number of rotatable bonds is 14. The van der Waals surface area contributed by atoms with Crippen molar-refractivity contribution in [2.24, 2.45) is 0 Å². The fourth-order valence-electron chi connectivity index (χ4n) is 3.54. The topological polar surface area (TPSA) is 36.5 Å². The van der Waals surface area contributed by atoms with Gasteiger partial charge in [-0.05, 0) is 60.5 Å². The summed E-state index contributed by atoms with van der Waals surface area (Å²) in [5, 5.41) is 7.28. The van der Waals surface area contributed by atoms with Crippen LogP contribution >= 0.6 is 11.3 Å². The summed E-state index contributed by atoms with van der Waals surface area (Å²) in [5.74, 6) is -0.264. The first kappa shape index (κ1) is 24.9. The number of ether oxygens (including phenoxy) is 1. The van der Waals surface area contributed by atoms with Gasteiger partial charge in [0.15, 0.2) is 5.06 Å². The molecule has 0 atom stereocenters. The van der Waals surface area contributed by atoms with E-state index in [4.69, 9.17) is 4.74 Å². The molecule has 0 aliphatic heterocycles. The minimum atomic E-state index is -0.264. The van der Waals surface area contributed by atoms with Crippen LogP contribution in [0, 0.1) is 5.82 Å². The van der Waals surface area contributed by atoms with Crippen LogP contribution in [0.3, 0.4) is 0 Å². The van der Waals surface area contributed by atoms with E-state index in [-0.39, 0.29) is 5.82 Å². The number of nitrogens with zero attached hydrogens (tertiary/aromatic N) is 1. The van der Waals surface area contributed by atoms with Crippen molar-refractivity contribution < 1.29 is 9.13 Å². The Kier molecular flexibility index (Phi) is 9.88. The summed E-state index contributed by atoms with van der Waals surface area (Å²) in [6, 6.07) is 17.4. The second-order valence-corrected chi connectivity index (χ2v) is 9.45. The fourth-order valence-corrected chi connectivity index (χ4v) is 4.41. The average Bonchev–Trinajstić information content (AvgIpc) is 3.29. The molecule has 3 rings (SSSR count). The zero-order valence-corrected chi connectivity index (χ0v) is 20.8. The smallest absolute Gasteiger partial charge is 0.174 e. The van der Waals surface area contributed by atoms with Crippen LogP contribution in [0.2, 0.25) is 0 Å². The molecule has 1 aromatic heterocycles. The summed E-state index contributed by atoms with van der Waals surface area (Å²) in [6.45, 7) is 3.42. The van der Waals surface area contributed by atoms with Crippen molar-refractivity contribution in [2.75, 3.05) is 42.9 Å². The van der Waals surface area contributed by atoms with Crippen molar-refractivity contribution >= 4 is 28.4 Å². The van der Waals surface area contributed by atoms with Crippen LogP contribution < -0.4 is 20.3 Å². The molecule has 6 heteroatoms. The second kappa shape index (κ2) is 13.1. The van der Waals surface area contributed by atoms with Crippen LogP contribution in [0.4, 0.5) is 21.5 Å². The van der Waals surface area contributed by atoms with Gasteiger partial charge in [0.1, 0.15) is 5.82 Å². The van der Waals surface area contributed by atoms with Crippen molar-refractivity contribution in [1.82, 2.24) is 0 Å². The highest BCUT2D eigenvalue weighted by Crippen LogP contribution is 2.34. The second-order valence-electron chi connectivity index (χ2n) is 8.40. The van der Waals surface area contributed by atoms with Gasteiger partial charge in [0.2, 0.25) is 0 Å². The van der Waals surface area contributed by atoms with Gasteiger partial charge in [-0.25, -0.2) is 4.39 Å². The summed E-state index contributed by atoms with van der Waals surface area (Å²) in [7, 11) is 4.02. The Balaban J connectivity index is 1.45. The molecule has 178 valence electrons. The number of thiophene rings is 1. The fraction of sp³-hybridized carbons (Fsp3) is 0.407. The van der Waals surface area contributed by atoms with E-state index in [0.717, 1.165) is 39.9 Å². The Bertz CT molecular complexity index is 972. The first-order valence-electron chi connectivity index (χ1n) is 11.8. The number of nitrogens with one attached hydrogen (secondary N) is 2. The third kappa shape index (κ3) is 7.97. The van der Waals surface area contributed by atoms with E-state index in [9.17, 15) is 4.39 Å². The molecule has 0 amide bonds. The number of hydrogen-bond donors (Lipinski definition) is 2. The largest absolute Gasteiger partial charge is 0.484 e. The van der Waals surface area contributed by atoms with E-state index >= 15 is 0 Å². The van der Waals surface area contributed by atoms with Crippen LogP contribution in [0.25, 0.3) is 10.4 Å². The molecule has 2 N–H and O–H groups in total. The number of unbranched alkanes of at least 4 members (excludes halogenated alkanes) is 5. The maximum absolute atomic E-state index is 14.7. The van der Waals surface area contributed by atoms with E-state index in [1.165, 1.54) is 32.1 Å². The Morgan fingerprint density at radius 2 is 1.64 bits per heavy atom. The zero-order chi connectivity index (χ0) is 23.5. The molecule has 0 radical (unpaired) electrons. The normalized spacial score (nSPS) is 10.8. The van der Waals surface area contributed by atoms with E-state index in [0.29, 0.717) is 12.4 Å². The van der Waals surface area contributed by atoms with Gasteiger partial charge in [0.05, 0.1) is 19.0 Å². The Hall–Kier alpha value is -2.73. The third-order valence-corrected chi connectivity index (χ3v) is 6.58. The SMILES string of the molecule is CCCCCCCCOc1ccc(-c2ccc(NCNc3ccc(N(C)C)cc3)c(F)c2)s1. The Morgan fingerprint density at radius 1 is 0.879 bits per heavy atom. The molecule has 0 aliphatic carbocycles. The van der Waals surface area contributed by atoms with Crippen LogP contribution in [0.1, 0.15) is 45.4 Å². The van der Waals surface area contributed by atoms with Crippen LogP contribution in [-0.4, -0.2) is 27.4 Å². The summed E-state index contributed by atoms with van der Waals surface area (Å²) < 4.78 is 20.5. The van der Waals surface area contributed by atoms with Gasteiger partial charge < -0.3 is 20.3 Å². The molecule has 33 heavy (non-hydrogen) atoms. The molecule has 4 nitrogen and oxygen atoms in total. The van der Waals surface area contributed by atoms with E-state index in [1.807, 2.05) is 56.6 Å². The van der Waals surface area contributed by atoms with Crippen LogP contribution in [0.5, 0.6) is 5.06 Å². The van der Waals surface area contributed by atoms with Gasteiger partial charge in [-0.1, -0.05) is 56.4 Å². The highest BCUT2D eigenvalue weighted by Gasteiger charge is 2.08. The Labute approximate surface area is 201 Å². The molecular formula is C27H36FN3OS. The van der Waals surface area contributed by atoms with E-state index in [2.05, 4.69) is 22.5 Å². The van der Waals surface area contributed by atoms with Crippen molar-refractivity contribution in [2.45, 2.75) is 45.4 Å². The summed E-state index contributed by atoms with van der Waals surface area (Å²) in [4.78, 5) is 3.06. The highest BCUT2D eigenvalue weighted by atomic mass is 32.1. The number of halogens is 1. The maximum Gasteiger partial charge on any atom is 0.174 e. The van der Waals surface area contributed by atoms with E-state index < -0.39 is 0 Å². The molecule has 0 aliphatic rings. The number of benzene rings is 2. The Morgan fingerprint density at radius 3 is 2.36 bits per heavy atom. The minimum absolute atomic E-state index is 0.264. The lowest BCUT2D eigenvalue weighted by atomic mass is 10.1. The maximum atomic E-state index is 14.7. The minimum Gasteiger partial charge on any atom is -0.484 e. The molecule has 0 saturated carbocycles. The average molecular weight is 470 g/mol. The monoisotopic (exact) mass is 469 g/mol. The highest BCUT2D eigenvalue weighted by molar-refractivity contribution is 7.17. The van der Waals surface area contributed by atoms with Gasteiger partial charge in [-0.15, -0.1) is 0 Å². The van der Waals surface area contributed by atoms with Crippen molar-refractivity contribution in [3.63, 3.8) is 0 Å². The quantitative estimate of drug-likeness (QED) is 0.186. The first-order chi connectivity index (χ1) is 16.1. The molecule has 2 aromatic carbocycles. The van der Waals surface area contributed by atoms with Gasteiger partial charge in [-0.2, -0.15) is 0 Å². The standard InChI is InChI=1S/C27H36FN3OS/c1-4-5-6-7-8-9-18-32-27-17-16-26(33-27)21-10-15-25(24(28)19-21)30-20-29-22-11-13-23(14-12-22)31(2)3/h10-17,19,29-30H,4-9,18,20H2,1-3H3. The first-order valence-corrected chi connectivity index (χ1v) is 12.7. The summed E-state index contributed by atoms with van der Waals surface area (Å²) >= 11 is 1.57. The molecule has 0 spiro atoms. The predicted octanol–water partition coefficient (Wildman–Crippen LogP) is 7.84. The van der Waals surface area contributed by atoms with Crippen LogP contribution in [-0.2, 0) is 0 Å². The summed E-state index contributed by atoms with van der Waals surface area (Å²) in [6.07, 6.45) is 7.49. The lowest BCUT2D eigenvalue weighted by Crippen LogP contribution is -2.13. The lowest BCUT2D eigenvalue weighted by Gasteiger charge is -2.14. The lowest BCUT2D eigenvalue weighted by molar-refractivity contribution is 0.313. The molecule has 3 aromatic rings. The zero-order valence-electron chi connectivity index (χ0n) is 20.0. The van der Waals surface area contributed by atoms with Gasteiger partial charge in [0, 0.05) is 30.3 Å². The van der Waals surface area contributed by atoms with Crippen LogP contribution in [0.15, 0.2) is 54.6 Å². The molecule has 0 fully saturated rings. The molecule has 0 saturated heterocycles. The van der Waals surface area contributed by atoms with Crippen molar-refractivity contribution in [1.29, 1.82) is 0 Å². The molecule has 0 bridgehead atoms. The van der Waals surface area contributed by atoms with Crippen molar-refractivity contribution in [3.05, 3.63) is 60.4 Å². The number of hydrogen-bond acceptors (Lipinski definition) is 5. The number of anilines is 3. The predicted molar refractivity (Wildman–Crippen MR) is 141 cm³/mol. The third-order valence-electron chi connectivity index (χ3n) is 5.53. The molecule has 0 unspecified atom stereocenters. The van der Waals surface area contributed by atoms with Gasteiger partial charge >= 0.3 is 0 Å². The molecular weight excluding hydrogens is 433 g/mol.